The number of nitrogens with one attached hydrogen (secondary N) is 1. The molecule has 3 rings (SSSR count). The summed E-state index contributed by atoms with van der Waals surface area (Å²) in [5.41, 5.74) is 1.35. The van der Waals surface area contributed by atoms with E-state index in [9.17, 15) is 4.79 Å². The number of nitrogens with zero attached hydrogens (tertiary/aromatic N) is 1. The van der Waals surface area contributed by atoms with Gasteiger partial charge in [-0.2, -0.15) is 0 Å². The maximum Gasteiger partial charge on any atom is 0.260 e. The van der Waals surface area contributed by atoms with Gasteiger partial charge in [-0.1, -0.05) is 12.1 Å². The minimum atomic E-state index is 0. The van der Waals surface area contributed by atoms with Crippen LogP contribution >= 0.6 is 35.9 Å². The molecule has 26 heavy (non-hydrogen) atoms. The van der Waals surface area contributed by atoms with Gasteiger partial charge in [-0.25, -0.2) is 0 Å². The van der Waals surface area contributed by atoms with Gasteiger partial charge in [0, 0.05) is 13.1 Å². The molecule has 0 saturated carbocycles. The summed E-state index contributed by atoms with van der Waals surface area (Å²) in [6, 6.07) is 8.27. The molecular weight excluding hydrogens is 388 g/mol. The van der Waals surface area contributed by atoms with Gasteiger partial charge < -0.3 is 15.0 Å². The zero-order valence-corrected chi connectivity index (χ0v) is 17.8. The maximum absolute atomic E-state index is 12.3. The SMILES string of the molecule is CNCC1CCN(C(=O)COc2ccc(C3SCCCS3)cc2)CC1.Cl. The van der Waals surface area contributed by atoms with Crippen molar-refractivity contribution < 1.29 is 9.53 Å². The summed E-state index contributed by atoms with van der Waals surface area (Å²) >= 11 is 4.04. The summed E-state index contributed by atoms with van der Waals surface area (Å²) in [4.78, 5) is 14.3. The van der Waals surface area contributed by atoms with Crippen molar-refractivity contribution in [1.29, 1.82) is 0 Å². The Bertz CT molecular complexity index is 545. The predicted molar refractivity (Wildman–Crippen MR) is 115 cm³/mol. The molecule has 7 heteroatoms. The zero-order chi connectivity index (χ0) is 17.5. The third-order valence-corrected chi connectivity index (χ3v) is 7.82. The highest BCUT2D eigenvalue weighted by molar-refractivity contribution is 8.16. The molecule has 1 N–H and O–H groups in total. The number of carbonyl (C=O) groups is 1. The Balaban J connectivity index is 0.00000243. The summed E-state index contributed by atoms with van der Waals surface area (Å²) in [5.74, 6) is 4.07. The third kappa shape index (κ3) is 6.25. The fraction of sp³-hybridized carbons (Fsp3) is 0.632. The van der Waals surface area contributed by atoms with E-state index in [-0.39, 0.29) is 24.9 Å². The van der Waals surface area contributed by atoms with Crippen LogP contribution in [0.5, 0.6) is 5.75 Å². The first-order chi connectivity index (χ1) is 12.3. The van der Waals surface area contributed by atoms with Gasteiger partial charge in [0.1, 0.15) is 5.75 Å². The van der Waals surface area contributed by atoms with Crippen LogP contribution in [-0.2, 0) is 4.79 Å². The quantitative estimate of drug-likeness (QED) is 0.763. The highest BCUT2D eigenvalue weighted by atomic mass is 35.5. The molecule has 0 aliphatic carbocycles. The van der Waals surface area contributed by atoms with Gasteiger partial charge in [-0.3, -0.25) is 4.79 Å². The van der Waals surface area contributed by atoms with Gasteiger partial charge in [0.2, 0.25) is 0 Å². The fourth-order valence-corrected chi connectivity index (χ4v) is 6.21. The molecular formula is C19H29ClN2O2S2. The molecule has 146 valence electrons. The average Bonchev–Trinajstić information content (AvgIpc) is 2.68. The largest absolute Gasteiger partial charge is 0.484 e. The molecule has 1 amide bonds. The number of halogens is 1. The molecule has 0 aromatic heterocycles. The molecule has 2 aliphatic rings. The van der Waals surface area contributed by atoms with Crippen LogP contribution in [0.2, 0.25) is 0 Å². The Morgan fingerprint density at radius 1 is 1.19 bits per heavy atom. The number of piperidine rings is 1. The topological polar surface area (TPSA) is 41.6 Å². The minimum absolute atomic E-state index is 0. The second-order valence-corrected chi connectivity index (χ2v) is 9.39. The smallest absolute Gasteiger partial charge is 0.260 e. The number of amides is 1. The summed E-state index contributed by atoms with van der Waals surface area (Å²) in [5, 5.41) is 3.23. The van der Waals surface area contributed by atoms with Crippen LogP contribution in [0.1, 0.15) is 29.4 Å². The number of carbonyl (C=O) groups excluding carboxylic acids is 1. The second kappa shape index (κ2) is 11.3. The predicted octanol–water partition coefficient (Wildman–Crippen LogP) is 3.81. The van der Waals surface area contributed by atoms with Crippen molar-refractivity contribution in [1.82, 2.24) is 10.2 Å². The van der Waals surface area contributed by atoms with Crippen molar-refractivity contribution in [2.45, 2.75) is 23.8 Å². The standard InChI is InChI=1S/C19H28N2O2S2.ClH/c1-20-13-15-7-9-21(10-8-15)18(22)14-23-17-5-3-16(4-6-17)19-24-11-2-12-25-19;/h3-6,15,19-20H,2,7-14H2,1H3;1H. The summed E-state index contributed by atoms with van der Waals surface area (Å²) in [6.07, 6.45) is 3.47. The van der Waals surface area contributed by atoms with E-state index >= 15 is 0 Å². The Labute approximate surface area is 171 Å². The third-order valence-electron chi connectivity index (χ3n) is 4.80. The maximum atomic E-state index is 12.3. The van der Waals surface area contributed by atoms with Gasteiger partial charge in [0.15, 0.2) is 6.61 Å². The van der Waals surface area contributed by atoms with Gasteiger partial charge in [-0.05, 0) is 68.0 Å². The van der Waals surface area contributed by atoms with Crippen molar-refractivity contribution >= 4 is 41.8 Å². The molecule has 1 aromatic carbocycles. The van der Waals surface area contributed by atoms with E-state index in [1.165, 1.54) is 23.5 Å². The Hall–Kier alpha value is -0.560. The lowest BCUT2D eigenvalue weighted by molar-refractivity contribution is -0.134. The molecule has 0 radical (unpaired) electrons. The number of rotatable bonds is 6. The normalized spacial score (nSPS) is 19.0. The van der Waals surface area contributed by atoms with E-state index in [4.69, 9.17) is 4.74 Å². The molecule has 0 bridgehead atoms. The molecule has 0 atom stereocenters. The summed E-state index contributed by atoms with van der Waals surface area (Å²) < 4.78 is 6.27. The van der Waals surface area contributed by atoms with Crippen LogP contribution < -0.4 is 10.1 Å². The van der Waals surface area contributed by atoms with Crippen molar-refractivity contribution in [2.75, 3.05) is 44.8 Å². The number of ether oxygens (including phenoxy) is 1. The lowest BCUT2D eigenvalue weighted by Gasteiger charge is -2.31. The van der Waals surface area contributed by atoms with Gasteiger partial charge in [0.25, 0.3) is 5.91 Å². The summed E-state index contributed by atoms with van der Waals surface area (Å²) in [6.45, 7) is 2.89. The Morgan fingerprint density at radius 3 is 2.46 bits per heavy atom. The van der Waals surface area contributed by atoms with Crippen LogP contribution in [0.4, 0.5) is 0 Å². The monoisotopic (exact) mass is 416 g/mol. The van der Waals surface area contributed by atoms with Crippen LogP contribution in [0.25, 0.3) is 0 Å². The van der Waals surface area contributed by atoms with Crippen molar-refractivity contribution in [3.05, 3.63) is 29.8 Å². The molecule has 0 unspecified atom stereocenters. The molecule has 2 saturated heterocycles. The van der Waals surface area contributed by atoms with E-state index < -0.39 is 0 Å². The van der Waals surface area contributed by atoms with Gasteiger partial charge in [0.05, 0.1) is 4.58 Å². The number of hydrogen-bond acceptors (Lipinski definition) is 5. The number of benzene rings is 1. The van der Waals surface area contributed by atoms with Gasteiger partial charge in [-0.15, -0.1) is 35.9 Å². The van der Waals surface area contributed by atoms with Crippen LogP contribution in [0, 0.1) is 5.92 Å². The lowest BCUT2D eigenvalue weighted by atomic mass is 9.97. The fourth-order valence-electron chi connectivity index (χ4n) is 3.31. The number of likely N-dealkylation sites (tertiary alicyclic amines) is 1. The second-order valence-electron chi connectivity index (χ2n) is 6.67. The molecule has 0 spiro atoms. The molecule has 4 nitrogen and oxygen atoms in total. The first kappa shape index (κ1) is 21.7. The van der Waals surface area contributed by atoms with E-state index in [0.29, 0.717) is 10.5 Å². The highest BCUT2D eigenvalue weighted by Gasteiger charge is 2.22. The lowest BCUT2D eigenvalue weighted by Crippen LogP contribution is -2.42. The molecule has 2 heterocycles. The van der Waals surface area contributed by atoms with Gasteiger partial charge >= 0.3 is 0 Å². The first-order valence-electron chi connectivity index (χ1n) is 9.14. The van der Waals surface area contributed by atoms with E-state index in [2.05, 4.69) is 17.4 Å². The number of thioether (sulfide) groups is 2. The first-order valence-corrected chi connectivity index (χ1v) is 11.2. The average molecular weight is 417 g/mol. The van der Waals surface area contributed by atoms with Crippen molar-refractivity contribution in [3.63, 3.8) is 0 Å². The summed E-state index contributed by atoms with van der Waals surface area (Å²) in [7, 11) is 1.99. The molecule has 2 aliphatic heterocycles. The minimum Gasteiger partial charge on any atom is -0.484 e. The Kier molecular flexibility index (Phi) is 9.46. The van der Waals surface area contributed by atoms with E-state index in [1.807, 2.05) is 47.6 Å². The molecule has 2 fully saturated rings. The number of hydrogen-bond donors (Lipinski definition) is 1. The van der Waals surface area contributed by atoms with E-state index in [0.717, 1.165) is 38.2 Å². The van der Waals surface area contributed by atoms with E-state index in [1.54, 1.807) is 0 Å². The Morgan fingerprint density at radius 2 is 1.85 bits per heavy atom. The highest BCUT2D eigenvalue weighted by Crippen LogP contribution is 2.43. The van der Waals surface area contributed by atoms with Crippen molar-refractivity contribution in [2.24, 2.45) is 5.92 Å². The van der Waals surface area contributed by atoms with Crippen molar-refractivity contribution in [3.8, 4) is 5.75 Å². The van der Waals surface area contributed by atoms with Crippen LogP contribution in [0.15, 0.2) is 24.3 Å². The molecule has 1 aromatic rings. The zero-order valence-electron chi connectivity index (χ0n) is 15.3. The van der Waals surface area contributed by atoms with Crippen LogP contribution in [-0.4, -0.2) is 55.6 Å². The van der Waals surface area contributed by atoms with Crippen LogP contribution in [0.3, 0.4) is 0 Å².